The van der Waals surface area contributed by atoms with Gasteiger partial charge < -0.3 is 15.2 Å². The maximum atomic E-state index is 12.1. The van der Waals surface area contributed by atoms with E-state index in [9.17, 15) is 4.79 Å². The van der Waals surface area contributed by atoms with Crippen molar-refractivity contribution in [2.24, 2.45) is 5.73 Å². The summed E-state index contributed by atoms with van der Waals surface area (Å²) >= 11 is 0. The minimum Gasteiger partial charge on any atom is -0.379 e. The zero-order valence-electron chi connectivity index (χ0n) is 11.8. The molecule has 1 heterocycles. The van der Waals surface area contributed by atoms with Crippen LogP contribution in [0.1, 0.15) is 18.9 Å². The third-order valence-corrected chi connectivity index (χ3v) is 3.59. The normalized spacial score (nSPS) is 21.6. The van der Waals surface area contributed by atoms with Gasteiger partial charge in [0, 0.05) is 6.61 Å². The van der Waals surface area contributed by atoms with Crippen molar-refractivity contribution in [3.63, 3.8) is 0 Å². The smallest absolute Gasteiger partial charge is 0.244 e. The van der Waals surface area contributed by atoms with Crippen LogP contribution < -0.4 is 11.1 Å². The lowest BCUT2D eigenvalue weighted by molar-refractivity contribution is -0.129. The molecule has 0 aliphatic carbocycles. The molecule has 0 aromatic heterocycles. The molecule has 3 N–H and O–H groups in total. The van der Waals surface area contributed by atoms with E-state index >= 15 is 0 Å². The number of carbonyl (C=O) groups is 1. The van der Waals surface area contributed by atoms with E-state index < -0.39 is 11.4 Å². The summed E-state index contributed by atoms with van der Waals surface area (Å²) in [6, 6.07) is 9.48. The average molecular weight is 278 g/mol. The summed E-state index contributed by atoms with van der Waals surface area (Å²) in [5.41, 5.74) is 5.50. The Bertz CT molecular complexity index is 432. The average Bonchev–Trinajstić information content (AvgIpc) is 2.97. The molecule has 0 saturated carbocycles. The van der Waals surface area contributed by atoms with Gasteiger partial charge >= 0.3 is 0 Å². The molecule has 0 bridgehead atoms. The quantitative estimate of drug-likeness (QED) is 0.773. The van der Waals surface area contributed by atoms with Crippen LogP contribution in [-0.4, -0.2) is 38.4 Å². The van der Waals surface area contributed by atoms with E-state index in [-0.39, 0.29) is 12.7 Å². The number of ether oxygens (including phenoxy) is 2. The molecule has 1 saturated heterocycles. The molecule has 0 radical (unpaired) electrons. The number of hydrogen-bond donors (Lipinski definition) is 2. The topological polar surface area (TPSA) is 73.6 Å². The largest absolute Gasteiger partial charge is 0.379 e. The first-order valence-electron chi connectivity index (χ1n) is 6.99. The molecule has 1 aromatic rings. The summed E-state index contributed by atoms with van der Waals surface area (Å²) in [5.74, 6) is -0.426. The zero-order chi connectivity index (χ0) is 14.4. The lowest BCUT2D eigenvalue weighted by atomic mass is 9.89. The van der Waals surface area contributed by atoms with E-state index in [0.29, 0.717) is 19.8 Å². The Morgan fingerprint density at radius 2 is 2.25 bits per heavy atom. The standard InChI is InChI=1S/C15H22N2O3/c1-2-17-15(14(16)18,12-6-4-3-5-7-12)11-20-13-8-9-19-10-13/h3-7,13,17H,2,8-11H2,1H3,(H2,16,18). The highest BCUT2D eigenvalue weighted by Crippen LogP contribution is 2.23. The van der Waals surface area contributed by atoms with Gasteiger partial charge in [-0.15, -0.1) is 0 Å². The minimum atomic E-state index is -0.988. The van der Waals surface area contributed by atoms with Crippen molar-refractivity contribution in [3.05, 3.63) is 35.9 Å². The summed E-state index contributed by atoms with van der Waals surface area (Å²) in [5, 5.41) is 3.20. The Balaban J connectivity index is 2.19. The fraction of sp³-hybridized carbons (Fsp3) is 0.533. The fourth-order valence-electron chi connectivity index (χ4n) is 2.45. The van der Waals surface area contributed by atoms with Crippen LogP contribution in [0.15, 0.2) is 30.3 Å². The van der Waals surface area contributed by atoms with Gasteiger partial charge in [0.25, 0.3) is 0 Å². The van der Waals surface area contributed by atoms with Gasteiger partial charge in [0.1, 0.15) is 5.54 Å². The van der Waals surface area contributed by atoms with E-state index in [4.69, 9.17) is 15.2 Å². The number of primary amides is 1. The Labute approximate surface area is 119 Å². The second-order valence-corrected chi connectivity index (χ2v) is 4.96. The number of hydrogen-bond acceptors (Lipinski definition) is 4. The Morgan fingerprint density at radius 1 is 1.50 bits per heavy atom. The highest BCUT2D eigenvalue weighted by molar-refractivity contribution is 5.86. The molecular weight excluding hydrogens is 256 g/mol. The van der Waals surface area contributed by atoms with Crippen LogP contribution in [0.4, 0.5) is 0 Å². The number of nitrogens with two attached hydrogens (primary N) is 1. The molecule has 2 unspecified atom stereocenters. The Kier molecular flexibility index (Phi) is 5.11. The molecule has 1 fully saturated rings. The molecule has 110 valence electrons. The van der Waals surface area contributed by atoms with E-state index in [1.54, 1.807) is 0 Å². The first kappa shape index (κ1) is 15.0. The lowest BCUT2D eigenvalue weighted by Gasteiger charge is -2.32. The van der Waals surface area contributed by atoms with Gasteiger partial charge in [-0.1, -0.05) is 37.3 Å². The van der Waals surface area contributed by atoms with Gasteiger partial charge in [-0.3, -0.25) is 10.1 Å². The minimum absolute atomic E-state index is 0.0380. The zero-order valence-corrected chi connectivity index (χ0v) is 11.8. The van der Waals surface area contributed by atoms with Crippen LogP contribution in [0.2, 0.25) is 0 Å². The molecular formula is C15H22N2O3. The van der Waals surface area contributed by atoms with Gasteiger partial charge in [0.15, 0.2) is 0 Å². The summed E-state index contributed by atoms with van der Waals surface area (Å²) in [6.07, 6.45) is 0.895. The summed E-state index contributed by atoms with van der Waals surface area (Å²) in [7, 11) is 0. The first-order chi connectivity index (χ1) is 9.69. The van der Waals surface area contributed by atoms with Gasteiger partial charge in [-0.2, -0.15) is 0 Å². The molecule has 1 aromatic carbocycles. The predicted molar refractivity (Wildman–Crippen MR) is 76.2 cm³/mol. The van der Waals surface area contributed by atoms with E-state index in [1.165, 1.54) is 0 Å². The second-order valence-electron chi connectivity index (χ2n) is 4.96. The van der Waals surface area contributed by atoms with Crippen LogP contribution in [0.3, 0.4) is 0 Å². The van der Waals surface area contributed by atoms with Crippen molar-refractivity contribution in [3.8, 4) is 0 Å². The molecule has 1 amide bonds. The van der Waals surface area contributed by atoms with Crippen LogP contribution in [0, 0.1) is 0 Å². The van der Waals surface area contributed by atoms with Crippen molar-refractivity contribution in [1.29, 1.82) is 0 Å². The second kappa shape index (κ2) is 6.83. The summed E-state index contributed by atoms with van der Waals surface area (Å²) in [4.78, 5) is 12.1. The third kappa shape index (κ3) is 3.17. The molecule has 5 nitrogen and oxygen atoms in total. The number of benzene rings is 1. The van der Waals surface area contributed by atoms with Crippen LogP contribution in [-0.2, 0) is 19.8 Å². The fourth-order valence-corrected chi connectivity index (χ4v) is 2.45. The SMILES string of the molecule is CCNC(COC1CCOC1)(C(N)=O)c1ccccc1. The number of carbonyl (C=O) groups excluding carboxylic acids is 1. The van der Waals surface area contributed by atoms with Gasteiger partial charge in [-0.25, -0.2) is 0 Å². The molecule has 2 rings (SSSR count). The van der Waals surface area contributed by atoms with Gasteiger partial charge in [-0.05, 0) is 18.5 Å². The van der Waals surface area contributed by atoms with Crippen LogP contribution in [0.5, 0.6) is 0 Å². The van der Waals surface area contributed by atoms with E-state index in [0.717, 1.165) is 12.0 Å². The molecule has 0 spiro atoms. The van der Waals surface area contributed by atoms with Gasteiger partial charge in [0.2, 0.25) is 5.91 Å². The maximum Gasteiger partial charge on any atom is 0.244 e. The number of likely N-dealkylation sites (N-methyl/N-ethyl adjacent to an activating group) is 1. The molecule has 20 heavy (non-hydrogen) atoms. The first-order valence-corrected chi connectivity index (χ1v) is 6.99. The van der Waals surface area contributed by atoms with E-state index in [1.807, 2.05) is 37.3 Å². The monoisotopic (exact) mass is 278 g/mol. The lowest BCUT2D eigenvalue weighted by Crippen LogP contribution is -2.56. The Hall–Kier alpha value is -1.43. The molecule has 2 atom stereocenters. The number of amides is 1. The number of nitrogens with one attached hydrogen (secondary N) is 1. The van der Waals surface area contributed by atoms with Crippen molar-refractivity contribution >= 4 is 5.91 Å². The van der Waals surface area contributed by atoms with E-state index in [2.05, 4.69) is 5.32 Å². The van der Waals surface area contributed by atoms with Gasteiger partial charge in [0.05, 0.1) is 19.3 Å². The predicted octanol–water partition coefficient (Wildman–Crippen LogP) is 0.782. The number of rotatable bonds is 7. The van der Waals surface area contributed by atoms with Crippen molar-refractivity contribution in [2.45, 2.75) is 25.0 Å². The highest BCUT2D eigenvalue weighted by Gasteiger charge is 2.39. The van der Waals surface area contributed by atoms with Crippen molar-refractivity contribution in [2.75, 3.05) is 26.4 Å². The third-order valence-electron chi connectivity index (χ3n) is 3.59. The van der Waals surface area contributed by atoms with Crippen molar-refractivity contribution in [1.82, 2.24) is 5.32 Å². The molecule has 1 aliphatic rings. The molecule has 1 aliphatic heterocycles. The van der Waals surface area contributed by atoms with Crippen LogP contribution >= 0.6 is 0 Å². The highest BCUT2D eigenvalue weighted by atomic mass is 16.5. The van der Waals surface area contributed by atoms with Crippen molar-refractivity contribution < 1.29 is 14.3 Å². The van der Waals surface area contributed by atoms with Crippen LogP contribution in [0.25, 0.3) is 0 Å². The molecule has 5 heteroatoms. The maximum absolute atomic E-state index is 12.1. The Morgan fingerprint density at radius 3 is 2.80 bits per heavy atom. The summed E-state index contributed by atoms with van der Waals surface area (Å²) < 4.78 is 11.1. The summed E-state index contributed by atoms with van der Waals surface area (Å²) in [6.45, 7) is 4.08.